The summed E-state index contributed by atoms with van der Waals surface area (Å²) < 4.78 is 0. The zero-order chi connectivity index (χ0) is 15.4. The normalized spacial score (nSPS) is 11.0. The lowest BCUT2D eigenvalue weighted by Gasteiger charge is -2.19. The number of benzene rings is 2. The monoisotopic (exact) mass is 324 g/mol. The predicted molar refractivity (Wildman–Crippen MR) is 102 cm³/mol. The fourth-order valence-corrected chi connectivity index (χ4v) is 6.60. The molecule has 0 saturated heterocycles. The second-order valence-electron chi connectivity index (χ2n) is 5.23. The highest BCUT2D eigenvalue weighted by atomic mass is 32.1. The van der Waals surface area contributed by atoms with Crippen molar-refractivity contribution >= 4 is 35.2 Å². The van der Waals surface area contributed by atoms with Crippen molar-refractivity contribution in [1.29, 1.82) is 0 Å². The third-order valence-corrected chi connectivity index (χ3v) is 7.86. The average Bonchev–Trinajstić information content (AvgIpc) is 3.00. The van der Waals surface area contributed by atoms with E-state index in [9.17, 15) is 0 Å². The van der Waals surface area contributed by atoms with E-state index < -0.39 is 7.92 Å². The Hall–Kier alpha value is -1.43. The minimum Gasteiger partial charge on any atom is -0.145 e. The first-order chi connectivity index (χ1) is 10.8. The molecule has 1 heterocycles. The van der Waals surface area contributed by atoms with Crippen LogP contribution in [0.3, 0.4) is 0 Å². The fraction of sp³-hybridized carbons (Fsp3) is 0.200. The van der Waals surface area contributed by atoms with E-state index in [1.54, 1.807) is 10.2 Å². The maximum absolute atomic E-state index is 2.45. The SMILES string of the molecule is CCc1cc(P(c2ccccc2)c2ccccc2)c(CC)s1. The van der Waals surface area contributed by atoms with Crippen LogP contribution in [0.15, 0.2) is 66.7 Å². The Balaban J connectivity index is 2.16. The Labute approximate surface area is 138 Å². The van der Waals surface area contributed by atoms with Crippen LogP contribution in [0.25, 0.3) is 0 Å². The van der Waals surface area contributed by atoms with Gasteiger partial charge in [0.25, 0.3) is 0 Å². The summed E-state index contributed by atoms with van der Waals surface area (Å²) in [6.07, 6.45) is 2.25. The van der Waals surface area contributed by atoms with Crippen molar-refractivity contribution < 1.29 is 0 Å². The molecular weight excluding hydrogens is 303 g/mol. The zero-order valence-corrected chi connectivity index (χ0v) is 14.8. The Morgan fingerprint density at radius 2 is 1.32 bits per heavy atom. The van der Waals surface area contributed by atoms with E-state index in [-0.39, 0.29) is 0 Å². The lowest BCUT2D eigenvalue weighted by molar-refractivity contribution is 1.19. The molecular formula is C20H21PS. The average molecular weight is 324 g/mol. The Kier molecular flexibility index (Phi) is 5.08. The summed E-state index contributed by atoms with van der Waals surface area (Å²) in [5.41, 5.74) is 0. The van der Waals surface area contributed by atoms with Crippen LogP contribution in [-0.2, 0) is 12.8 Å². The molecule has 22 heavy (non-hydrogen) atoms. The van der Waals surface area contributed by atoms with Crippen LogP contribution >= 0.6 is 19.3 Å². The molecule has 3 rings (SSSR count). The van der Waals surface area contributed by atoms with Gasteiger partial charge in [-0.2, -0.15) is 0 Å². The van der Waals surface area contributed by atoms with E-state index in [1.165, 1.54) is 15.5 Å². The number of hydrogen-bond donors (Lipinski definition) is 0. The highest BCUT2D eigenvalue weighted by Gasteiger charge is 2.20. The van der Waals surface area contributed by atoms with E-state index in [1.807, 2.05) is 11.3 Å². The second kappa shape index (κ2) is 7.22. The third-order valence-electron chi connectivity index (χ3n) is 3.78. The van der Waals surface area contributed by atoms with Gasteiger partial charge < -0.3 is 0 Å². The summed E-state index contributed by atoms with van der Waals surface area (Å²) >= 11 is 1.99. The first kappa shape index (κ1) is 15.5. The van der Waals surface area contributed by atoms with Gasteiger partial charge in [-0.3, -0.25) is 0 Å². The molecule has 2 heteroatoms. The van der Waals surface area contributed by atoms with Crippen molar-refractivity contribution in [3.63, 3.8) is 0 Å². The van der Waals surface area contributed by atoms with E-state index in [2.05, 4.69) is 80.6 Å². The standard InChI is InChI=1S/C20H21PS/c1-3-18-15-19(20(4-2)22-18)21(16-11-7-5-8-12-16)17-13-9-6-10-14-17/h5-15H,3-4H2,1-2H3. The van der Waals surface area contributed by atoms with Gasteiger partial charge in [0.2, 0.25) is 0 Å². The minimum absolute atomic E-state index is 0.447. The van der Waals surface area contributed by atoms with Gasteiger partial charge in [0, 0.05) is 9.75 Å². The van der Waals surface area contributed by atoms with Crippen LogP contribution in [0.5, 0.6) is 0 Å². The van der Waals surface area contributed by atoms with Crippen molar-refractivity contribution in [2.45, 2.75) is 26.7 Å². The highest BCUT2D eigenvalue weighted by molar-refractivity contribution is 7.80. The summed E-state index contributed by atoms with van der Waals surface area (Å²) in [4.78, 5) is 3.06. The van der Waals surface area contributed by atoms with Crippen molar-refractivity contribution in [3.05, 3.63) is 76.5 Å². The molecule has 0 atom stereocenters. The highest BCUT2D eigenvalue weighted by Crippen LogP contribution is 2.37. The summed E-state index contributed by atoms with van der Waals surface area (Å²) in [6.45, 7) is 4.53. The summed E-state index contributed by atoms with van der Waals surface area (Å²) in [5, 5.41) is 4.44. The quantitative estimate of drug-likeness (QED) is 0.600. The Bertz CT molecular complexity index is 676. The van der Waals surface area contributed by atoms with E-state index in [0.717, 1.165) is 12.8 Å². The molecule has 0 nitrogen and oxygen atoms in total. The molecule has 112 valence electrons. The summed E-state index contributed by atoms with van der Waals surface area (Å²) in [7, 11) is -0.447. The van der Waals surface area contributed by atoms with Gasteiger partial charge in [-0.15, -0.1) is 11.3 Å². The fourth-order valence-electron chi connectivity index (χ4n) is 2.67. The molecule has 0 fully saturated rings. The lowest BCUT2D eigenvalue weighted by atomic mass is 10.3. The van der Waals surface area contributed by atoms with Gasteiger partial charge in [0.05, 0.1) is 0 Å². The maximum Gasteiger partial charge on any atom is 0.0129 e. The van der Waals surface area contributed by atoms with Gasteiger partial charge in [-0.1, -0.05) is 74.5 Å². The molecule has 3 aromatic rings. The molecule has 0 bridgehead atoms. The van der Waals surface area contributed by atoms with Crippen molar-refractivity contribution in [2.75, 3.05) is 0 Å². The van der Waals surface area contributed by atoms with Gasteiger partial charge in [0.15, 0.2) is 0 Å². The lowest BCUT2D eigenvalue weighted by Crippen LogP contribution is -2.21. The van der Waals surface area contributed by atoms with Crippen molar-refractivity contribution in [2.24, 2.45) is 0 Å². The molecule has 1 aromatic heterocycles. The smallest absolute Gasteiger partial charge is 0.0129 e. The predicted octanol–water partition coefficient (Wildman–Crippen LogP) is 4.63. The first-order valence-electron chi connectivity index (χ1n) is 7.85. The molecule has 0 saturated carbocycles. The molecule has 2 aromatic carbocycles. The summed E-state index contributed by atoms with van der Waals surface area (Å²) in [5.74, 6) is 0. The van der Waals surface area contributed by atoms with Gasteiger partial charge in [-0.25, -0.2) is 0 Å². The molecule has 0 radical (unpaired) electrons. The molecule has 0 N–H and O–H groups in total. The molecule has 0 aliphatic rings. The molecule has 0 amide bonds. The maximum atomic E-state index is 2.45. The molecule has 0 aliphatic heterocycles. The van der Waals surface area contributed by atoms with Crippen molar-refractivity contribution in [3.8, 4) is 0 Å². The minimum atomic E-state index is -0.447. The van der Waals surface area contributed by atoms with E-state index in [4.69, 9.17) is 0 Å². The number of rotatable bonds is 5. The molecule has 0 unspecified atom stereocenters. The number of thiophene rings is 1. The number of aryl methyl sites for hydroxylation is 2. The Morgan fingerprint density at radius 1 is 0.773 bits per heavy atom. The van der Waals surface area contributed by atoms with Crippen LogP contribution in [0.4, 0.5) is 0 Å². The van der Waals surface area contributed by atoms with Gasteiger partial charge in [-0.05, 0) is 42.7 Å². The van der Waals surface area contributed by atoms with Crippen LogP contribution in [0, 0.1) is 0 Å². The topological polar surface area (TPSA) is 0 Å². The van der Waals surface area contributed by atoms with Gasteiger partial charge in [0.1, 0.15) is 0 Å². The van der Waals surface area contributed by atoms with Crippen molar-refractivity contribution in [1.82, 2.24) is 0 Å². The third kappa shape index (κ3) is 3.16. The van der Waals surface area contributed by atoms with E-state index in [0.29, 0.717) is 0 Å². The Morgan fingerprint density at radius 3 is 1.77 bits per heavy atom. The molecule has 0 aliphatic carbocycles. The zero-order valence-electron chi connectivity index (χ0n) is 13.1. The number of hydrogen-bond acceptors (Lipinski definition) is 1. The summed E-state index contributed by atoms with van der Waals surface area (Å²) in [6, 6.07) is 24.4. The largest absolute Gasteiger partial charge is 0.145 e. The second-order valence-corrected chi connectivity index (χ2v) is 8.64. The van der Waals surface area contributed by atoms with Crippen LogP contribution in [0.1, 0.15) is 23.6 Å². The van der Waals surface area contributed by atoms with Crippen LogP contribution in [0.2, 0.25) is 0 Å². The first-order valence-corrected chi connectivity index (χ1v) is 10.0. The van der Waals surface area contributed by atoms with E-state index >= 15 is 0 Å². The van der Waals surface area contributed by atoms with Crippen LogP contribution in [-0.4, -0.2) is 0 Å². The van der Waals surface area contributed by atoms with Gasteiger partial charge >= 0.3 is 0 Å². The molecule has 0 spiro atoms. The van der Waals surface area contributed by atoms with Crippen LogP contribution < -0.4 is 15.9 Å².